The first-order chi connectivity index (χ1) is 12.2. The van der Waals surface area contributed by atoms with Crippen LogP contribution in [0, 0.1) is 12.8 Å². The fourth-order valence-corrected chi connectivity index (χ4v) is 4.62. The zero-order chi connectivity index (χ0) is 19.5. The number of nitrogens with one attached hydrogen (secondary N) is 1. The lowest BCUT2D eigenvalue weighted by atomic mass is 10.1. The van der Waals surface area contributed by atoms with E-state index < -0.39 is 27.9 Å². The molecule has 0 saturated carbocycles. The average molecular weight is 382 g/mol. The molecular formula is C18H26N2O5S. The molecule has 2 rings (SSSR count). The average Bonchev–Trinajstić information content (AvgIpc) is 2.96. The first-order valence-electron chi connectivity index (χ1n) is 8.68. The summed E-state index contributed by atoms with van der Waals surface area (Å²) in [5.41, 5.74) is 0.637. The summed E-state index contributed by atoms with van der Waals surface area (Å²) in [7, 11) is -2.61. The van der Waals surface area contributed by atoms with Crippen LogP contribution in [0.4, 0.5) is 0 Å². The van der Waals surface area contributed by atoms with E-state index in [0.717, 1.165) is 10.7 Å². The highest BCUT2D eigenvalue weighted by Gasteiger charge is 2.44. The summed E-state index contributed by atoms with van der Waals surface area (Å²) in [4.78, 5) is 24.7. The number of carbonyl (C=O) groups is 2. The molecule has 7 nitrogen and oxygen atoms in total. The van der Waals surface area contributed by atoms with Crippen LogP contribution < -0.4 is 10.1 Å². The fourth-order valence-electron chi connectivity index (χ4n) is 2.93. The topological polar surface area (TPSA) is 92.8 Å². The van der Waals surface area contributed by atoms with Crippen molar-refractivity contribution in [3.05, 3.63) is 23.8 Å². The van der Waals surface area contributed by atoms with Crippen molar-refractivity contribution in [3.8, 4) is 5.75 Å². The van der Waals surface area contributed by atoms with Gasteiger partial charge < -0.3 is 10.1 Å². The van der Waals surface area contributed by atoms with Gasteiger partial charge in [-0.15, -0.1) is 0 Å². The van der Waals surface area contributed by atoms with Gasteiger partial charge in [-0.25, -0.2) is 12.7 Å². The molecule has 1 aromatic rings. The van der Waals surface area contributed by atoms with E-state index in [1.165, 1.54) is 19.2 Å². The molecule has 1 aliphatic heterocycles. The number of carbonyl (C=O) groups excluding carboxylic acids is 2. The third-order valence-electron chi connectivity index (χ3n) is 4.41. The third kappa shape index (κ3) is 4.17. The molecule has 1 fully saturated rings. The SMILES string of the molecule is COc1ccc(S(=O)(=O)N2C(=O)CC[C@H]2C(=O)NCCC(C)C)cc1C. The van der Waals surface area contributed by atoms with Crippen LogP contribution >= 0.6 is 0 Å². The highest BCUT2D eigenvalue weighted by molar-refractivity contribution is 7.89. The van der Waals surface area contributed by atoms with Crippen LogP contribution in [0.25, 0.3) is 0 Å². The van der Waals surface area contributed by atoms with E-state index >= 15 is 0 Å². The summed E-state index contributed by atoms with van der Waals surface area (Å²) in [6.07, 6.45) is 1.02. The molecule has 1 aliphatic rings. The zero-order valence-corrected chi connectivity index (χ0v) is 16.4. The number of benzene rings is 1. The number of hydrogen-bond donors (Lipinski definition) is 1. The van der Waals surface area contributed by atoms with Crippen molar-refractivity contribution >= 4 is 21.8 Å². The predicted octanol–water partition coefficient (Wildman–Crippen LogP) is 1.85. The Morgan fingerprint density at radius 2 is 2.08 bits per heavy atom. The molecule has 1 heterocycles. The van der Waals surface area contributed by atoms with Gasteiger partial charge in [0.25, 0.3) is 10.0 Å². The second-order valence-corrected chi connectivity index (χ2v) is 8.67. The smallest absolute Gasteiger partial charge is 0.267 e. The van der Waals surface area contributed by atoms with Crippen molar-refractivity contribution in [3.63, 3.8) is 0 Å². The predicted molar refractivity (Wildman–Crippen MR) is 97.2 cm³/mol. The molecular weight excluding hydrogens is 356 g/mol. The van der Waals surface area contributed by atoms with Crippen LogP contribution in [0.15, 0.2) is 23.1 Å². The standard InChI is InChI=1S/C18H26N2O5S/c1-12(2)9-10-19-18(22)15-6-8-17(21)20(15)26(23,24)14-5-7-16(25-4)13(3)11-14/h5,7,11-12,15H,6,8-10H2,1-4H3,(H,19,22)/t15-/m0/s1. The highest BCUT2D eigenvalue weighted by atomic mass is 32.2. The number of amides is 2. The Labute approximate surface area is 154 Å². The Balaban J connectivity index is 2.26. The van der Waals surface area contributed by atoms with Gasteiger partial charge in [0.1, 0.15) is 11.8 Å². The molecule has 1 aromatic carbocycles. The lowest BCUT2D eigenvalue weighted by Gasteiger charge is -2.24. The van der Waals surface area contributed by atoms with Crippen molar-refractivity contribution in [1.29, 1.82) is 0 Å². The van der Waals surface area contributed by atoms with Gasteiger partial charge in [-0.1, -0.05) is 13.8 Å². The Morgan fingerprint density at radius 1 is 1.38 bits per heavy atom. The maximum absolute atomic E-state index is 13.0. The third-order valence-corrected chi connectivity index (χ3v) is 6.23. The van der Waals surface area contributed by atoms with Crippen molar-refractivity contribution in [2.75, 3.05) is 13.7 Å². The van der Waals surface area contributed by atoms with Gasteiger partial charge in [0, 0.05) is 13.0 Å². The molecule has 0 aliphatic carbocycles. The largest absolute Gasteiger partial charge is 0.496 e. The molecule has 1 saturated heterocycles. The van der Waals surface area contributed by atoms with Crippen molar-refractivity contribution < 1.29 is 22.7 Å². The maximum atomic E-state index is 13.0. The minimum Gasteiger partial charge on any atom is -0.496 e. The minimum absolute atomic E-state index is 0.0222. The maximum Gasteiger partial charge on any atom is 0.267 e. The van der Waals surface area contributed by atoms with Crippen LogP contribution in [-0.4, -0.2) is 44.2 Å². The Morgan fingerprint density at radius 3 is 2.65 bits per heavy atom. The van der Waals surface area contributed by atoms with E-state index in [9.17, 15) is 18.0 Å². The number of hydrogen-bond acceptors (Lipinski definition) is 5. The van der Waals surface area contributed by atoms with Gasteiger partial charge in [0.15, 0.2) is 0 Å². The zero-order valence-electron chi connectivity index (χ0n) is 15.6. The Hall–Kier alpha value is -2.09. The summed E-state index contributed by atoms with van der Waals surface area (Å²) < 4.78 is 31.8. The van der Waals surface area contributed by atoms with E-state index in [-0.39, 0.29) is 17.7 Å². The van der Waals surface area contributed by atoms with Gasteiger partial charge in [-0.2, -0.15) is 0 Å². The van der Waals surface area contributed by atoms with Gasteiger partial charge in [-0.3, -0.25) is 9.59 Å². The van der Waals surface area contributed by atoms with Crippen LogP contribution in [0.2, 0.25) is 0 Å². The molecule has 1 N–H and O–H groups in total. The number of sulfonamides is 1. The fraction of sp³-hybridized carbons (Fsp3) is 0.556. The highest BCUT2D eigenvalue weighted by Crippen LogP contribution is 2.29. The molecule has 0 spiro atoms. The summed E-state index contributed by atoms with van der Waals surface area (Å²) in [5, 5.41) is 2.74. The first kappa shape index (κ1) is 20.2. The number of ether oxygens (including phenoxy) is 1. The lowest BCUT2D eigenvalue weighted by molar-refractivity contribution is -0.130. The van der Waals surface area contributed by atoms with Crippen molar-refractivity contribution in [2.45, 2.75) is 51.0 Å². The van der Waals surface area contributed by atoms with Crippen molar-refractivity contribution in [1.82, 2.24) is 9.62 Å². The molecule has 0 unspecified atom stereocenters. The van der Waals surface area contributed by atoms with E-state index in [1.807, 2.05) is 13.8 Å². The van der Waals surface area contributed by atoms with Crippen LogP contribution in [0.3, 0.4) is 0 Å². The van der Waals surface area contributed by atoms with Crippen LogP contribution in [-0.2, 0) is 19.6 Å². The summed E-state index contributed by atoms with van der Waals surface area (Å²) in [6, 6.07) is 3.39. The number of aryl methyl sites for hydroxylation is 1. The van der Waals surface area contributed by atoms with E-state index in [0.29, 0.717) is 23.8 Å². The number of methoxy groups -OCH3 is 1. The minimum atomic E-state index is -4.10. The van der Waals surface area contributed by atoms with Crippen LogP contribution in [0.5, 0.6) is 5.75 Å². The second-order valence-electron chi connectivity index (χ2n) is 6.85. The lowest BCUT2D eigenvalue weighted by Crippen LogP contribution is -2.47. The van der Waals surface area contributed by atoms with Gasteiger partial charge >= 0.3 is 0 Å². The molecule has 2 amide bonds. The normalized spacial score (nSPS) is 17.7. The Kier molecular flexibility index (Phi) is 6.28. The van der Waals surface area contributed by atoms with Crippen LogP contribution in [0.1, 0.15) is 38.7 Å². The quantitative estimate of drug-likeness (QED) is 0.777. The summed E-state index contributed by atoms with van der Waals surface area (Å²) in [5.74, 6) is -0.00455. The summed E-state index contributed by atoms with van der Waals surface area (Å²) in [6.45, 7) is 6.25. The Bertz CT molecular complexity index is 789. The molecule has 26 heavy (non-hydrogen) atoms. The molecule has 0 radical (unpaired) electrons. The van der Waals surface area contributed by atoms with Gasteiger partial charge in [0.2, 0.25) is 11.8 Å². The van der Waals surface area contributed by atoms with Gasteiger partial charge in [-0.05, 0) is 49.4 Å². The summed E-state index contributed by atoms with van der Waals surface area (Å²) >= 11 is 0. The second kappa shape index (κ2) is 8.07. The molecule has 144 valence electrons. The van der Waals surface area contributed by atoms with E-state index in [4.69, 9.17) is 4.74 Å². The molecule has 0 bridgehead atoms. The van der Waals surface area contributed by atoms with E-state index in [1.54, 1.807) is 13.0 Å². The molecule has 1 atom stereocenters. The first-order valence-corrected chi connectivity index (χ1v) is 10.1. The number of rotatable bonds is 7. The monoisotopic (exact) mass is 382 g/mol. The number of nitrogens with zero attached hydrogens (tertiary/aromatic N) is 1. The molecule has 0 aromatic heterocycles. The van der Waals surface area contributed by atoms with E-state index in [2.05, 4.69) is 5.32 Å². The van der Waals surface area contributed by atoms with Crippen molar-refractivity contribution in [2.24, 2.45) is 5.92 Å². The molecule has 8 heteroatoms. The van der Waals surface area contributed by atoms with Gasteiger partial charge in [0.05, 0.1) is 12.0 Å².